The first-order valence-electron chi connectivity index (χ1n) is 4.87. The Morgan fingerprint density at radius 2 is 1.75 bits per heavy atom. The predicted octanol–water partition coefficient (Wildman–Crippen LogP) is 1.16. The van der Waals surface area contributed by atoms with E-state index in [2.05, 4.69) is 0 Å². The largest absolute Gasteiger partial charge is 0.478 e. The van der Waals surface area contributed by atoms with E-state index in [1.807, 2.05) is 0 Å². The van der Waals surface area contributed by atoms with Crippen LogP contribution in [0.4, 0.5) is 0 Å². The first-order chi connectivity index (χ1) is 7.41. The van der Waals surface area contributed by atoms with Gasteiger partial charge in [0.2, 0.25) is 0 Å². The first-order valence-corrected chi connectivity index (χ1v) is 6.23. The van der Waals surface area contributed by atoms with Gasteiger partial charge in [0.15, 0.2) is 0 Å². The molecule has 0 aliphatic rings. The number of carboxylic acid groups (broad SMARTS) is 1. The highest BCUT2D eigenvalue weighted by molar-refractivity contribution is 7.72. The van der Waals surface area contributed by atoms with Crippen LogP contribution in [0.3, 0.4) is 0 Å². The van der Waals surface area contributed by atoms with E-state index in [1.54, 1.807) is 26.0 Å². The Morgan fingerprint density at radius 1 is 1.25 bits per heavy atom. The number of hydrogen-bond acceptors (Lipinski definition) is 3. The number of aryl methyl sites for hydroxylation is 2. The lowest BCUT2D eigenvalue weighted by molar-refractivity contribution is 0.0696. The van der Waals surface area contributed by atoms with Crippen LogP contribution in [0.1, 0.15) is 27.0 Å². The van der Waals surface area contributed by atoms with Crippen molar-refractivity contribution in [1.29, 1.82) is 0 Å². The molecule has 1 aromatic carbocycles. The van der Waals surface area contributed by atoms with Gasteiger partial charge in [0.25, 0.3) is 0 Å². The minimum atomic E-state index is -2.39. The molecule has 1 aromatic rings. The molecule has 0 aliphatic heterocycles. The molecular weight excluding hydrogens is 228 g/mol. The highest BCUT2D eigenvalue weighted by Gasteiger charge is 2.09. The van der Waals surface area contributed by atoms with Crippen LogP contribution in [0, 0.1) is 13.8 Å². The summed E-state index contributed by atoms with van der Waals surface area (Å²) in [6, 6.07) is 3.14. The fraction of sp³-hybridized carbons (Fsp3) is 0.364. The van der Waals surface area contributed by atoms with Crippen molar-refractivity contribution in [3.63, 3.8) is 0 Å². The summed E-state index contributed by atoms with van der Waals surface area (Å²) >= 11 is 0. The van der Waals surface area contributed by atoms with E-state index in [4.69, 9.17) is 5.11 Å². The molecule has 0 unspecified atom stereocenters. The van der Waals surface area contributed by atoms with Crippen LogP contribution < -0.4 is 0 Å². The Kier molecular flexibility index (Phi) is 4.06. The topological polar surface area (TPSA) is 71.4 Å². The second-order valence-electron chi connectivity index (χ2n) is 3.70. The van der Waals surface area contributed by atoms with E-state index < -0.39 is 16.7 Å². The molecule has 88 valence electrons. The summed E-state index contributed by atoms with van der Waals surface area (Å²) < 4.78 is 21.0. The second kappa shape index (κ2) is 5.12. The standard InChI is InChI=1S/C11H14O4S/c1-7-5-9(11(12)13)6-8(2)10(7)3-4-16(14)15/h5-6,16H,3-4H2,1-2H3,(H,12,13). The van der Waals surface area contributed by atoms with Crippen molar-refractivity contribution in [2.45, 2.75) is 20.3 Å². The molecule has 0 aliphatic carbocycles. The normalized spacial score (nSPS) is 10.7. The van der Waals surface area contributed by atoms with Gasteiger partial charge in [-0.15, -0.1) is 0 Å². The van der Waals surface area contributed by atoms with E-state index >= 15 is 0 Å². The number of hydrogen-bond donors (Lipinski definition) is 2. The zero-order valence-electron chi connectivity index (χ0n) is 9.19. The van der Waals surface area contributed by atoms with Gasteiger partial charge in [-0.3, -0.25) is 0 Å². The zero-order chi connectivity index (χ0) is 12.3. The number of rotatable bonds is 4. The molecule has 0 spiro atoms. The zero-order valence-corrected chi connectivity index (χ0v) is 10.1. The second-order valence-corrected chi connectivity index (χ2v) is 4.81. The average molecular weight is 242 g/mol. The van der Waals surface area contributed by atoms with Crippen LogP contribution in [0.2, 0.25) is 0 Å². The summed E-state index contributed by atoms with van der Waals surface area (Å²) in [6.45, 7) is 3.60. The van der Waals surface area contributed by atoms with Crippen LogP contribution >= 0.6 is 0 Å². The first kappa shape index (κ1) is 12.7. The van der Waals surface area contributed by atoms with Gasteiger partial charge in [-0.05, 0) is 49.1 Å². The van der Waals surface area contributed by atoms with Crippen molar-refractivity contribution in [2.75, 3.05) is 5.75 Å². The Hall–Kier alpha value is -1.36. The predicted molar refractivity (Wildman–Crippen MR) is 61.8 cm³/mol. The average Bonchev–Trinajstić information content (AvgIpc) is 2.15. The molecule has 0 heterocycles. The SMILES string of the molecule is Cc1cc(C(=O)O)cc(C)c1CC[SH](=O)=O. The summed E-state index contributed by atoms with van der Waals surface area (Å²) in [7, 11) is -2.39. The molecule has 0 amide bonds. The lowest BCUT2D eigenvalue weighted by Crippen LogP contribution is -2.04. The van der Waals surface area contributed by atoms with Gasteiger partial charge in [-0.2, -0.15) is 0 Å². The fourth-order valence-electron chi connectivity index (χ4n) is 1.71. The lowest BCUT2D eigenvalue weighted by atomic mass is 9.97. The van der Waals surface area contributed by atoms with Gasteiger partial charge in [0.05, 0.1) is 11.3 Å². The number of carboxylic acids is 1. The monoisotopic (exact) mass is 242 g/mol. The van der Waals surface area contributed by atoms with Crippen LogP contribution in [0.25, 0.3) is 0 Å². The third kappa shape index (κ3) is 3.06. The molecule has 0 fully saturated rings. The van der Waals surface area contributed by atoms with Crippen molar-refractivity contribution in [3.8, 4) is 0 Å². The summed E-state index contributed by atoms with van der Waals surface area (Å²) in [5, 5.41) is 8.85. The van der Waals surface area contributed by atoms with Crippen LogP contribution in [-0.4, -0.2) is 25.2 Å². The van der Waals surface area contributed by atoms with Crippen molar-refractivity contribution in [3.05, 3.63) is 34.4 Å². The Bertz CT molecular complexity index is 458. The lowest BCUT2D eigenvalue weighted by Gasteiger charge is -2.09. The van der Waals surface area contributed by atoms with E-state index in [0.29, 0.717) is 6.42 Å². The molecule has 1 rings (SSSR count). The Balaban J connectivity index is 3.07. The smallest absolute Gasteiger partial charge is 0.335 e. The number of benzene rings is 1. The van der Waals surface area contributed by atoms with E-state index in [9.17, 15) is 13.2 Å². The van der Waals surface area contributed by atoms with Gasteiger partial charge in [0, 0.05) is 0 Å². The summed E-state index contributed by atoms with van der Waals surface area (Å²) in [5.41, 5.74) is 2.82. The Morgan fingerprint density at radius 3 is 2.12 bits per heavy atom. The molecule has 16 heavy (non-hydrogen) atoms. The molecule has 0 saturated heterocycles. The van der Waals surface area contributed by atoms with Crippen LogP contribution in [-0.2, 0) is 17.1 Å². The molecule has 0 radical (unpaired) electrons. The van der Waals surface area contributed by atoms with Crippen LogP contribution in [0.15, 0.2) is 12.1 Å². The quantitative estimate of drug-likeness (QED) is 0.777. The third-order valence-corrected chi connectivity index (χ3v) is 3.08. The Labute approximate surface area is 95.9 Å². The molecule has 5 heteroatoms. The molecule has 0 saturated carbocycles. The third-order valence-electron chi connectivity index (χ3n) is 2.49. The van der Waals surface area contributed by atoms with Gasteiger partial charge in [0.1, 0.15) is 10.7 Å². The van der Waals surface area contributed by atoms with Crippen LogP contribution in [0.5, 0.6) is 0 Å². The van der Waals surface area contributed by atoms with E-state index in [0.717, 1.165) is 16.7 Å². The maximum atomic E-state index is 10.8. The number of aromatic carboxylic acids is 1. The maximum absolute atomic E-state index is 10.8. The number of carbonyl (C=O) groups is 1. The molecule has 0 atom stereocenters. The summed E-state index contributed by atoms with van der Waals surface area (Å²) in [6.07, 6.45) is 0.441. The van der Waals surface area contributed by atoms with Gasteiger partial charge < -0.3 is 5.11 Å². The van der Waals surface area contributed by atoms with Gasteiger partial charge in [-0.1, -0.05) is 0 Å². The molecular formula is C11H14O4S. The highest BCUT2D eigenvalue weighted by Crippen LogP contribution is 2.17. The van der Waals surface area contributed by atoms with E-state index in [1.165, 1.54) is 0 Å². The van der Waals surface area contributed by atoms with Gasteiger partial charge >= 0.3 is 5.97 Å². The highest BCUT2D eigenvalue weighted by atomic mass is 32.2. The van der Waals surface area contributed by atoms with Crippen molar-refractivity contribution < 1.29 is 18.3 Å². The molecule has 1 N–H and O–H groups in total. The van der Waals surface area contributed by atoms with Crippen molar-refractivity contribution >= 4 is 16.7 Å². The minimum Gasteiger partial charge on any atom is -0.478 e. The fourth-order valence-corrected chi connectivity index (χ4v) is 2.12. The van der Waals surface area contributed by atoms with Crippen molar-refractivity contribution in [2.24, 2.45) is 0 Å². The van der Waals surface area contributed by atoms with Crippen molar-refractivity contribution in [1.82, 2.24) is 0 Å². The molecule has 0 aromatic heterocycles. The number of thiol groups is 1. The van der Waals surface area contributed by atoms with Gasteiger partial charge in [-0.25, -0.2) is 13.2 Å². The summed E-state index contributed by atoms with van der Waals surface area (Å²) in [4.78, 5) is 10.8. The summed E-state index contributed by atoms with van der Waals surface area (Å²) in [5.74, 6) is -0.865. The van der Waals surface area contributed by atoms with E-state index in [-0.39, 0.29) is 11.3 Å². The molecule has 4 nitrogen and oxygen atoms in total. The maximum Gasteiger partial charge on any atom is 0.335 e. The molecule has 0 bridgehead atoms. The minimum absolute atomic E-state index is 0.101.